The number of ether oxygens (including phenoxy) is 1. The van der Waals surface area contributed by atoms with Gasteiger partial charge in [-0.25, -0.2) is 4.79 Å². The molecule has 0 aliphatic carbocycles. The number of fused-ring (bicyclic) bond motifs is 3. The normalized spacial score (nSPS) is 11.8. The van der Waals surface area contributed by atoms with E-state index >= 15 is 0 Å². The molecule has 0 atom stereocenters. The lowest BCUT2D eigenvalue weighted by molar-refractivity contribution is 0.415. The monoisotopic (exact) mass is 415 g/mol. The van der Waals surface area contributed by atoms with Crippen LogP contribution in [0.5, 0.6) is 5.75 Å². The molecule has 4 rings (SSSR count). The molecule has 152 valence electrons. The molecule has 3 heterocycles. The number of aromatic nitrogens is 5. The van der Waals surface area contributed by atoms with Crippen LogP contribution in [0.15, 0.2) is 34.0 Å². The van der Waals surface area contributed by atoms with Gasteiger partial charge in [0.1, 0.15) is 5.75 Å². The van der Waals surface area contributed by atoms with E-state index in [1.807, 2.05) is 37.6 Å². The maximum absolute atomic E-state index is 13.1. The van der Waals surface area contributed by atoms with Crippen molar-refractivity contribution in [3.63, 3.8) is 0 Å². The lowest BCUT2D eigenvalue weighted by atomic mass is 10.2. The van der Waals surface area contributed by atoms with Gasteiger partial charge in [-0.15, -0.1) is 0 Å². The Labute approximate surface area is 171 Å². The minimum absolute atomic E-state index is 0.161. The molecular formula is C20H22ClN5O3. The van der Waals surface area contributed by atoms with Crippen molar-refractivity contribution in [3.8, 4) is 11.4 Å². The van der Waals surface area contributed by atoms with Crippen LogP contribution in [0.25, 0.3) is 22.6 Å². The van der Waals surface area contributed by atoms with Gasteiger partial charge in [-0.2, -0.15) is 4.98 Å². The van der Waals surface area contributed by atoms with Crippen LogP contribution in [0, 0.1) is 12.8 Å². The van der Waals surface area contributed by atoms with Crippen LogP contribution >= 0.6 is 11.6 Å². The molecule has 0 bridgehead atoms. The van der Waals surface area contributed by atoms with Crippen molar-refractivity contribution >= 4 is 28.5 Å². The molecule has 0 radical (unpaired) electrons. The van der Waals surface area contributed by atoms with Gasteiger partial charge in [-0.3, -0.25) is 22.9 Å². The molecule has 0 saturated carbocycles. The van der Waals surface area contributed by atoms with Crippen LogP contribution in [0.3, 0.4) is 0 Å². The van der Waals surface area contributed by atoms with Gasteiger partial charge in [0, 0.05) is 25.5 Å². The molecule has 29 heavy (non-hydrogen) atoms. The van der Waals surface area contributed by atoms with Crippen molar-refractivity contribution in [2.45, 2.75) is 27.3 Å². The molecule has 0 spiro atoms. The minimum Gasteiger partial charge on any atom is -0.495 e. The molecule has 9 heteroatoms. The highest BCUT2D eigenvalue weighted by Crippen LogP contribution is 2.29. The Balaban J connectivity index is 2.07. The lowest BCUT2D eigenvalue weighted by Gasteiger charge is -2.10. The number of rotatable bonds is 4. The standard InChI is InChI=1S/C20H22ClN5O3/c1-11(2)9-25-18(27)16-17(23(4)20(25)28)22-19-24(16)10-12(3)26(19)13-6-7-15(29-5)14(21)8-13/h6-8,10-11H,9H2,1-5H3. The van der Waals surface area contributed by atoms with Gasteiger partial charge >= 0.3 is 5.69 Å². The summed E-state index contributed by atoms with van der Waals surface area (Å²) in [6.07, 6.45) is 1.84. The van der Waals surface area contributed by atoms with E-state index in [1.54, 1.807) is 30.7 Å². The van der Waals surface area contributed by atoms with E-state index in [9.17, 15) is 9.59 Å². The first-order chi connectivity index (χ1) is 13.7. The molecule has 0 amide bonds. The fraction of sp³-hybridized carbons (Fsp3) is 0.350. The van der Waals surface area contributed by atoms with E-state index in [0.29, 0.717) is 34.3 Å². The third-order valence-corrected chi connectivity index (χ3v) is 5.26. The molecule has 0 fully saturated rings. The van der Waals surface area contributed by atoms with Crippen molar-refractivity contribution in [3.05, 3.63) is 56.0 Å². The van der Waals surface area contributed by atoms with Crippen LogP contribution in [0.1, 0.15) is 19.5 Å². The van der Waals surface area contributed by atoms with Crippen molar-refractivity contribution < 1.29 is 4.74 Å². The summed E-state index contributed by atoms with van der Waals surface area (Å²) in [5, 5.41) is 0.471. The highest BCUT2D eigenvalue weighted by Gasteiger charge is 2.21. The summed E-state index contributed by atoms with van der Waals surface area (Å²) in [6.45, 7) is 6.21. The number of imidazole rings is 2. The summed E-state index contributed by atoms with van der Waals surface area (Å²) in [5.74, 6) is 1.27. The molecule has 8 nitrogen and oxygen atoms in total. The predicted octanol–water partition coefficient (Wildman–Crippen LogP) is 2.77. The molecule has 3 aromatic heterocycles. The van der Waals surface area contributed by atoms with Gasteiger partial charge in [0.25, 0.3) is 5.56 Å². The van der Waals surface area contributed by atoms with Gasteiger partial charge < -0.3 is 4.74 Å². The highest BCUT2D eigenvalue weighted by atomic mass is 35.5. The minimum atomic E-state index is -0.368. The second kappa shape index (κ2) is 6.81. The van der Waals surface area contributed by atoms with Gasteiger partial charge in [0.15, 0.2) is 11.2 Å². The van der Waals surface area contributed by atoms with Crippen LogP contribution in [-0.4, -0.2) is 30.2 Å². The third-order valence-electron chi connectivity index (χ3n) is 4.97. The first kappa shape index (κ1) is 19.3. The zero-order chi connectivity index (χ0) is 21.0. The van der Waals surface area contributed by atoms with Gasteiger partial charge in [-0.05, 0) is 31.0 Å². The van der Waals surface area contributed by atoms with E-state index < -0.39 is 0 Å². The van der Waals surface area contributed by atoms with E-state index in [0.717, 1.165) is 11.4 Å². The van der Waals surface area contributed by atoms with Crippen LogP contribution < -0.4 is 16.0 Å². The predicted molar refractivity (Wildman–Crippen MR) is 113 cm³/mol. The number of benzene rings is 1. The second-order valence-corrected chi connectivity index (χ2v) is 7.94. The van der Waals surface area contributed by atoms with Crippen molar-refractivity contribution in [1.29, 1.82) is 0 Å². The van der Waals surface area contributed by atoms with Gasteiger partial charge in [0.2, 0.25) is 5.78 Å². The van der Waals surface area contributed by atoms with Gasteiger partial charge in [0.05, 0.1) is 17.8 Å². The first-order valence-corrected chi connectivity index (χ1v) is 9.66. The quantitative estimate of drug-likeness (QED) is 0.513. The molecular weight excluding hydrogens is 394 g/mol. The molecule has 4 aromatic rings. The average molecular weight is 416 g/mol. The number of methoxy groups -OCH3 is 1. The second-order valence-electron chi connectivity index (χ2n) is 7.53. The molecule has 0 aliphatic heterocycles. The first-order valence-electron chi connectivity index (χ1n) is 9.28. The van der Waals surface area contributed by atoms with E-state index in [2.05, 4.69) is 4.98 Å². The highest BCUT2D eigenvalue weighted by molar-refractivity contribution is 6.32. The summed E-state index contributed by atoms with van der Waals surface area (Å²) >= 11 is 6.30. The maximum atomic E-state index is 13.1. The Morgan fingerprint density at radius 3 is 2.59 bits per heavy atom. The summed E-state index contributed by atoms with van der Waals surface area (Å²) in [5.41, 5.74) is 1.68. The zero-order valence-corrected chi connectivity index (χ0v) is 17.7. The fourth-order valence-corrected chi connectivity index (χ4v) is 3.90. The Bertz CT molecular complexity index is 1370. The molecule has 0 unspecified atom stereocenters. The number of hydrogen-bond donors (Lipinski definition) is 0. The molecule has 0 N–H and O–H groups in total. The molecule has 0 saturated heterocycles. The van der Waals surface area contributed by atoms with Crippen molar-refractivity contribution in [2.24, 2.45) is 13.0 Å². The van der Waals surface area contributed by atoms with Crippen LogP contribution in [0.4, 0.5) is 0 Å². The number of aryl methyl sites for hydroxylation is 2. The summed E-state index contributed by atoms with van der Waals surface area (Å²) in [7, 11) is 3.19. The van der Waals surface area contributed by atoms with Crippen LogP contribution in [-0.2, 0) is 13.6 Å². The number of nitrogens with zero attached hydrogens (tertiary/aromatic N) is 5. The van der Waals surface area contributed by atoms with E-state index in [-0.39, 0.29) is 17.2 Å². The third kappa shape index (κ3) is 2.86. The number of halogens is 1. The summed E-state index contributed by atoms with van der Waals surface area (Å²) in [4.78, 5) is 30.5. The smallest absolute Gasteiger partial charge is 0.332 e. The van der Waals surface area contributed by atoms with Crippen molar-refractivity contribution in [2.75, 3.05) is 7.11 Å². The Hall–Kier alpha value is -3.00. The molecule has 1 aromatic carbocycles. The van der Waals surface area contributed by atoms with E-state index in [1.165, 1.54) is 9.13 Å². The zero-order valence-electron chi connectivity index (χ0n) is 16.9. The summed E-state index contributed by atoms with van der Waals surface area (Å²) < 4.78 is 11.6. The SMILES string of the molecule is COc1ccc(-n2c(C)cn3c4c(=O)n(CC(C)C)c(=O)n(C)c4nc23)cc1Cl. The van der Waals surface area contributed by atoms with Crippen molar-refractivity contribution in [1.82, 2.24) is 23.1 Å². The largest absolute Gasteiger partial charge is 0.495 e. The van der Waals surface area contributed by atoms with E-state index in [4.69, 9.17) is 16.3 Å². The average Bonchev–Trinajstić information content (AvgIpc) is 3.17. The van der Waals surface area contributed by atoms with Gasteiger partial charge in [-0.1, -0.05) is 25.4 Å². The molecule has 0 aliphatic rings. The van der Waals surface area contributed by atoms with Crippen LogP contribution in [0.2, 0.25) is 5.02 Å². The topological polar surface area (TPSA) is 75.5 Å². The Morgan fingerprint density at radius 2 is 1.97 bits per heavy atom. The lowest BCUT2D eigenvalue weighted by Crippen LogP contribution is -2.40. The summed E-state index contributed by atoms with van der Waals surface area (Å²) in [6, 6.07) is 5.43. The Morgan fingerprint density at radius 1 is 1.24 bits per heavy atom. The maximum Gasteiger partial charge on any atom is 0.332 e. The Kier molecular flexibility index (Phi) is 4.53. The number of hydrogen-bond acceptors (Lipinski definition) is 4. The fourth-order valence-electron chi connectivity index (χ4n) is 3.65.